The maximum Gasteiger partial charge on any atom is 0.264 e. The Kier molecular flexibility index (Phi) is 11.2. The van der Waals surface area contributed by atoms with Crippen molar-refractivity contribution in [1.29, 1.82) is 0 Å². The molecule has 10 heteroatoms. The summed E-state index contributed by atoms with van der Waals surface area (Å²) >= 11 is 12.9. The molecule has 0 aliphatic carbocycles. The van der Waals surface area contributed by atoms with Crippen LogP contribution in [0.3, 0.4) is 0 Å². The van der Waals surface area contributed by atoms with Crippen molar-refractivity contribution < 1.29 is 18.0 Å². The summed E-state index contributed by atoms with van der Waals surface area (Å²) in [6.45, 7) is 8.93. The van der Waals surface area contributed by atoms with Gasteiger partial charge in [0.15, 0.2) is 0 Å². The zero-order valence-electron chi connectivity index (χ0n) is 24.0. The van der Waals surface area contributed by atoms with E-state index in [4.69, 9.17) is 23.2 Å². The van der Waals surface area contributed by atoms with Crippen molar-refractivity contribution in [3.63, 3.8) is 0 Å². The molecule has 0 unspecified atom stereocenters. The lowest BCUT2D eigenvalue weighted by Crippen LogP contribution is -2.53. The summed E-state index contributed by atoms with van der Waals surface area (Å²) in [6.07, 6.45) is 0.293. The molecule has 0 aromatic heterocycles. The van der Waals surface area contributed by atoms with E-state index in [2.05, 4.69) is 5.32 Å². The lowest BCUT2D eigenvalue weighted by molar-refractivity contribution is -0.140. The Morgan fingerprint density at radius 2 is 1.44 bits per heavy atom. The first-order chi connectivity index (χ1) is 19.4. The second-order valence-electron chi connectivity index (χ2n) is 10.4. The largest absolute Gasteiger partial charge is 0.352 e. The Hall–Kier alpha value is -3.07. The van der Waals surface area contributed by atoms with Gasteiger partial charge in [0.25, 0.3) is 10.0 Å². The second kappa shape index (κ2) is 14.2. The van der Waals surface area contributed by atoms with E-state index in [-0.39, 0.29) is 29.3 Å². The smallest absolute Gasteiger partial charge is 0.264 e. The number of anilines is 1. The molecule has 0 fully saturated rings. The van der Waals surface area contributed by atoms with Crippen molar-refractivity contribution >= 4 is 50.7 Å². The molecule has 2 amide bonds. The van der Waals surface area contributed by atoms with Crippen LogP contribution >= 0.6 is 23.2 Å². The highest BCUT2D eigenvalue weighted by molar-refractivity contribution is 7.92. The predicted octanol–water partition coefficient (Wildman–Crippen LogP) is 6.64. The number of nitrogens with one attached hydrogen (secondary N) is 1. The molecule has 0 saturated carbocycles. The van der Waals surface area contributed by atoms with E-state index in [1.54, 1.807) is 55.5 Å². The third kappa shape index (κ3) is 8.03. The van der Waals surface area contributed by atoms with Crippen molar-refractivity contribution in [2.24, 2.45) is 0 Å². The molecule has 0 aliphatic rings. The summed E-state index contributed by atoms with van der Waals surface area (Å²) in [5.74, 6) is -0.678. The van der Waals surface area contributed by atoms with Crippen molar-refractivity contribution in [3.05, 3.63) is 94.0 Å². The third-order valence-electron chi connectivity index (χ3n) is 6.66. The quantitative estimate of drug-likeness (QED) is 0.247. The Balaban J connectivity index is 2.10. The van der Waals surface area contributed by atoms with Crippen LogP contribution < -0.4 is 9.62 Å². The fourth-order valence-corrected chi connectivity index (χ4v) is 6.38. The van der Waals surface area contributed by atoms with Gasteiger partial charge in [-0.3, -0.25) is 13.9 Å². The number of rotatable bonds is 12. The van der Waals surface area contributed by atoms with Crippen LogP contribution in [-0.2, 0) is 26.2 Å². The summed E-state index contributed by atoms with van der Waals surface area (Å²) < 4.78 is 28.9. The SMILES string of the molecule is CC[C@@H](C(=O)NC(C)C)N(Cc1c(Cl)cccc1Cl)C(=O)CN(c1ccc(C(C)C)cc1)S(=O)(=O)c1ccccc1. The van der Waals surface area contributed by atoms with Gasteiger partial charge in [0.1, 0.15) is 12.6 Å². The van der Waals surface area contributed by atoms with E-state index in [0.717, 1.165) is 9.87 Å². The summed E-state index contributed by atoms with van der Waals surface area (Å²) in [4.78, 5) is 28.8. The Bertz CT molecular complexity index is 1430. The molecule has 3 aromatic carbocycles. The fraction of sp³-hybridized carbons (Fsp3) is 0.355. The van der Waals surface area contributed by atoms with Crippen LogP contribution in [-0.4, -0.2) is 43.8 Å². The zero-order chi connectivity index (χ0) is 30.3. The number of amides is 2. The number of hydrogen-bond acceptors (Lipinski definition) is 4. The lowest BCUT2D eigenvalue weighted by atomic mass is 10.0. The van der Waals surface area contributed by atoms with E-state index < -0.39 is 28.5 Å². The van der Waals surface area contributed by atoms with Crippen LogP contribution in [0.2, 0.25) is 10.0 Å². The molecule has 0 aliphatic heterocycles. The number of nitrogens with zero attached hydrogens (tertiary/aromatic N) is 2. The van der Waals surface area contributed by atoms with Crippen LogP contribution in [0.25, 0.3) is 0 Å². The number of sulfonamides is 1. The molecule has 3 rings (SSSR count). The van der Waals surface area contributed by atoms with Crippen LogP contribution in [0.15, 0.2) is 77.7 Å². The highest BCUT2D eigenvalue weighted by Crippen LogP contribution is 2.29. The van der Waals surface area contributed by atoms with Gasteiger partial charge >= 0.3 is 0 Å². The molecule has 220 valence electrons. The minimum absolute atomic E-state index is 0.0472. The molecular formula is C31H37Cl2N3O4S. The van der Waals surface area contributed by atoms with E-state index in [0.29, 0.717) is 27.7 Å². The van der Waals surface area contributed by atoms with Crippen molar-refractivity contribution in [3.8, 4) is 0 Å². The van der Waals surface area contributed by atoms with Gasteiger partial charge in [-0.05, 0) is 68.1 Å². The van der Waals surface area contributed by atoms with E-state index in [1.165, 1.54) is 17.0 Å². The minimum atomic E-state index is -4.14. The second-order valence-corrected chi connectivity index (χ2v) is 13.1. The molecule has 0 saturated heterocycles. The summed E-state index contributed by atoms with van der Waals surface area (Å²) in [7, 11) is -4.14. The van der Waals surface area contributed by atoms with Crippen molar-refractivity contribution in [2.45, 2.75) is 70.5 Å². The van der Waals surface area contributed by atoms with Gasteiger partial charge in [0.2, 0.25) is 11.8 Å². The fourth-order valence-electron chi connectivity index (χ4n) is 4.43. The Morgan fingerprint density at radius 3 is 1.95 bits per heavy atom. The van der Waals surface area contributed by atoms with E-state index in [1.807, 2.05) is 39.8 Å². The van der Waals surface area contributed by atoms with Crippen molar-refractivity contribution in [2.75, 3.05) is 10.8 Å². The third-order valence-corrected chi connectivity index (χ3v) is 9.16. The van der Waals surface area contributed by atoms with Crippen LogP contribution in [0.5, 0.6) is 0 Å². The highest BCUT2D eigenvalue weighted by atomic mass is 35.5. The van der Waals surface area contributed by atoms with Gasteiger partial charge in [-0.25, -0.2) is 8.42 Å². The summed E-state index contributed by atoms with van der Waals surface area (Å²) in [5.41, 5.74) is 1.84. The monoisotopic (exact) mass is 617 g/mol. The molecule has 1 N–H and O–H groups in total. The molecule has 1 atom stereocenters. The van der Waals surface area contributed by atoms with Crippen LogP contribution in [0, 0.1) is 0 Å². The molecule has 0 radical (unpaired) electrons. The van der Waals surface area contributed by atoms with E-state index in [9.17, 15) is 18.0 Å². The first-order valence-electron chi connectivity index (χ1n) is 13.6. The topological polar surface area (TPSA) is 86.8 Å². The first kappa shape index (κ1) is 32.4. The minimum Gasteiger partial charge on any atom is -0.352 e. The Morgan fingerprint density at radius 1 is 0.854 bits per heavy atom. The normalized spacial score (nSPS) is 12.3. The number of benzene rings is 3. The van der Waals surface area contributed by atoms with Crippen molar-refractivity contribution in [1.82, 2.24) is 10.2 Å². The maximum atomic E-state index is 14.2. The summed E-state index contributed by atoms with van der Waals surface area (Å²) in [6, 6.07) is 19.0. The van der Waals surface area contributed by atoms with Gasteiger partial charge in [-0.1, -0.05) is 80.4 Å². The molecule has 7 nitrogen and oxygen atoms in total. The molecule has 3 aromatic rings. The number of halogens is 2. The Labute approximate surface area is 253 Å². The molecular weight excluding hydrogens is 581 g/mol. The summed E-state index contributed by atoms with van der Waals surface area (Å²) in [5, 5.41) is 3.55. The predicted molar refractivity (Wildman–Crippen MR) is 166 cm³/mol. The number of hydrogen-bond donors (Lipinski definition) is 1. The van der Waals surface area contributed by atoms with Gasteiger partial charge in [-0.15, -0.1) is 0 Å². The lowest BCUT2D eigenvalue weighted by Gasteiger charge is -2.34. The number of carbonyl (C=O) groups is 2. The van der Waals surface area contributed by atoms with Gasteiger partial charge in [-0.2, -0.15) is 0 Å². The maximum absolute atomic E-state index is 14.2. The molecule has 0 bridgehead atoms. The van der Waals surface area contributed by atoms with E-state index >= 15 is 0 Å². The average molecular weight is 619 g/mol. The standard InChI is InChI=1S/C31H37Cl2N3O4S/c1-6-29(31(38)34-22(4)5)35(19-26-27(32)13-10-14-28(26)33)30(37)20-36(24-17-15-23(16-18-24)21(2)3)41(39,40)25-11-8-7-9-12-25/h7-18,21-22,29H,6,19-20H2,1-5H3,(H,34,38)/t29-/m0/s1. The molecule has 0 heterocycles. The molecule has 41 heavy (non-hydrogen) atoms. The first-order valence-corrected chi connectivity index (χ1v) is 15.8. The van der Waals surface area contributed by atoms with Gasteiger partial charge in [0, 0.05) is 28.2 Å². The zero-order valence-corrected chi connectivity index (χ0v) is 26.3. The molecule has 0 spiro atoms. The van der Waals surface area contributed by atoms with Gasteiger partial charge < -0.3 is 10.2 Å². The highest BCUT2D eigenvalue weighted by Gasteiger charge is 2.34. The average Bonchev–Trinajstić information content (AvgIpc) is 2.93. The van der Waals surface area contributed by atoms with Crippen LogP contribution in [0.4, 0.5) is 5.69 Å². The van der Waals surface area contributed by atoms with Gasteiger partial charge in [0.05, 0.1) is 10.6 Å². The van der Waals surface area contributed by atoms with Crippen LogP contribution in [0.1, 0.15) is 58.1 Å². The number of carbonyl (C=O) groups excluding carboxylic acids is 2.